The van der Waals surface area contributed by atoms with Gasteiger partial charge in [0.05, 0.1) is 0 Å². The summed E-state index contributed by atoms with van der Waals surface area (Å²) in [4.78, 5) is 11.4. The molecule has 0 saturated heterocycles. The third-order valence-corrected chi connectivity index (χ3v) is 3.72. The first kappa shape index (κ1) is 15.6. The summed E-state index contributed by atoms with van der Waals surface area (Å²) in [6, 6.07) is 6.31. The zero-order chi connectivity index (χ0) is 15.2. The summed E-state index contributed by atoms with van der Waals surface area (Å²) < 4.78 is 10.7. The van der Waals surface area contributed by atoms with Gasteiger partial charge in [-0.2, -0.15) is 0 Å². The van der Waals surface area contributed by atoms with E-state index in [9.17, 15) is 4.79 Å². The van der Waals surface area contributed by atoms with Crippen LogP contribution in [0.25, 0.3) is 0 Å². The Labute approximate surface area is 126 Å². The number of rotatable bonds is 5. The van der Waals surface area contributed by atoms with Gasteiger partial charge in [-0.25, -0.2) is 0 Å². The van der Waals surface area contributed by atoms with Crippen molar-refractivity contribution in [3.63, 3.8) is 0 Å². The number of nitrogens with one attached hydrogen (secondary N) is 1. The highest BCUT2D eigenvalue weighted by atomic mass is 16.7. The standard InChI is InChI=1S/C17H23NO3/c1-12-8-9-15(17(10-12)21-11-20-3)14-6-4-5-7-16(14)18-13(2)19/h4-5,8-10,14,16H,6-7,11H2,1-3H3,(H,18,19). The molecule has 0 bridgehead atoms. The van der Waals surface area contributed by atoms with Crippen molar-refractivity contribution in [1.29, 1.82) is 0 Å². The third-order valence-electron chi connectivity index (χ3n) is 3.72. The van der Waals surface area contributed by atoms with Crippen LogP contribution >= 0.6 is 0 Å². The molecule has 0 spiro atoms. The van der Waals surface area contributed by atoms with E-state index in [0.717, 1.165) is 29.7 Å². The number of amides is 1. The number of carbonyl (C=O) groups is 1. The molecule has 0 radical (unpaired) electrons. The van der Waals surface area contributed by atoms with Crippen LogP contribution in [0.1, 0.15) is 36.8 Å². The molecule has 114 valence electrons. The second-order valence-electron chi connectivity index (χ2n) is 5.45. The molecule has 1 aromatic carbocycles. The molecule has 4 nitrogen and oxygen atoms in total. The van der Waals surface area contributed by atoms with Gasteiger partial charge in [-0.05, 0) is 37.0 Å². The molecule has 0 aromatic heterocycles. The Morgan fingerprint density at radius 2 is 2.10 bits per heavy atom. The molecule has 2 unspecified atom stereocenters. The first-order chi connectivity index (χ1) is 10.1. The molecule has 4 heteroatoms. The molecule has 1 N–H and O–H groups in total. The molecular weight excluding hydrogens is 266 g/mol. The molecule has 2 rings (SSSR count). The van der Waals surface area contributed by atoms with E-state index in [1.807, 2.05) is 13.0 Å². The number of allylic oxidation sites excluding steroid dienone is 1. The largest absolute Gasteiger partial charge is 0.467 e. The van der Waals surface area contributed by atoms with Crippen molar-refractivity contribution in [2.24, 2.45) is 0 Å². The van der Waals surface area contributed by atoms with Crippen molar-refractivity contribution >= 4 is 5.91 Å². The number of carbonyl (C=O) groups excluding carboxylic acids is 1. The molecule has 0 fully saturated rings. The Morgan fingerprint density at radius 3 is 2.81 bits per heavy atom. The van der Waals surface area contributed by atoms with Crippen molar-refractivity contribution in [3.05, 3.63) is 41.5 Å². The Hall–Kier alpha value is -1.81. The Morgan fingerprint density at radius 1 is 1.33 bits per heavy atom. The van der Waals surface area contributed by atoms with Crippen LogP contribution in [-0.2, 0) is 9.53 Å². The van der Waals surface area contributed by atoms with Gasteiger partial charge in [-0.15, -0.1) is 0 Å². The van der Waals surface area contributed by atoms with E-state index < -0.39 is 0 Å². The third kappa shape index (κ3) is 4.08. The lowest BCUT2D eigenvalue weighted by Gasteiger charge is -2.30. The predicted octanol–water partition coefficient (Wildman–Crippen LogP) is 2.92. The van der Waals surface area contributed by atoms with Crippen LogP contribution in [0.2, 0.25) is 0 Å². The fourth-order valence-corrected chi connectivity index (χ4v) is 2.77. The second-order valence-corrected chi connectivity index (χ2v) is 5.45. The van der Waals surface area contributed by atoms with Gasteiger partial charge in [0.15, 0.2) is 6.79 Å². The van der Waals surface area contributed by atoms with Crippen LogP contribution in [0, 0.1) is 6.92 Å². The number of methoxy groups -OCH3 is 1. The van der Waals surface area contributed by atoms with Gasteiger partial charge < -0.3 is 14.8 Å². The lowest BCUT2D eigenvalue weighted by atomic mass is 9.82. The van der Waals surface area contributed by atoms with E-state index in [0.29, 0.717) is 0 Å². The Bertz CT molecular complexity index is 525. The molecular formula is C17H23NO3. The lowest BCUT2D eigenvalue weighted by Crippen LogP contribution is -2.38. The zero-order valence-electron chi connectivity index (χ0n) is 12.9. The monoisotopic (exact) mass is 289 g/mol. The number of aryl methyl sites for hydroxylation is 1. The average Bonchev–Trinajstić information content (AvgIpc) is 2.45. The Balaban J connectivity index is 2.29. The molecule has 1 aliphatic rings. The smallest absolute Gasteiger partial charge is 0.217 e. The molecule has 1 amide bonds. The minimum atomic E-state index is 0.00627. The maximum Gasteiger partial charge on any atom is 0.217 e. The average molecular weight is 289 g/mol. The van der Waals surface area contributed by atoms with Gasteiger partial charge >= 0.3 is 0 Å². The van der Waals surface area contributed by atoms with Crippen molar-refractivity contribution in [3.8, 4) is 5.75 Å². The summed E-state index contributed by atoms with van der Waals surface area (Å²) in [5.41, 5.74) is 2.27. The summed E-state index contributed by atoms with van der Waals surface area (Å²) in [6.45, 7) is 3.83. The maximum atomic E-state index is 11.4. The second kappa shape index (κ2) is 7.27. The van der Waals surface area contributed by atoms with Crippen LogP contribution in [0.3, 0.4) is 0 Å². The zero-order valence-corrected chi connectivity index (χ0v) is 12.9. The summed E-state index contributed by atoms with van der Waals surface area (Å²) in [7, 11) is 1.61. The summed E-state index contributed by atoms with van der Waals surface area (Å²) >= 11 is 0. The van der Waals surface area contributed by atoms with Gasteiger partial charge in [0.1, 0.15) is 5.75 Å². The SMILES string of the molecule is COCOc1cc(C)ccc1C1CC=CCC1NC(C)=O. The van der Waals surface area contributed by atoms with Gasteiger partial charge in [0.2, 0.25) is 5.91 Å². The van der Waals surface area contributed by atoms with Crippen molar-refractivity contribution in [2.75, 3.05) is 13.9 Å². The first-order valence-electron chi connectivity index (χ1n) is 7.26. The van der Waals surface area contributed by atoms with Crippen LogP contribution in [0.4, 0.5) is 0 Å². The van der Waals surface area contributed by atoms with E-state index in [4.69, 9.17) is 9.47 Å². The normalized spacial score (nSPS) is 21.1. The molecule has 0 aliphatic heterocycles. The van der Waals surface area contributed by atoms with Crippen LogP contribution in [-0.4, -0.2) is 25.9 Å². The van der Waals surface area contributed by atoms with Crippen LogP contribution in [0.5, 0.6) is 5.75 Å². The van der Waals surface area contributed by atoms with E-state index in [1.54, 1.807) is 14.0 Å². The van der Waals surface area contributed by atoms with E-state index >= 15 is 0 Å². The van der Waals surface area contributed by atoms with Crippen molar-refractivity contribution in [2.45, 2.75) is 38.6 Å². The van der Waals surface area contributed by atoms with E-state index in [2.05, 4.69) is 29.6 Å². The van der Waals surface area contributed by atoms with Gasteiger partial charge in [-0.3, -0.25) is 4.79 Å². The maximum absolute atomic E-state index is 11.4. The van der Waals surface area contributed by atoms with Crippen molar-refractivity contribution in [1.82, 2.24) is 5.32 Å². The van der Waals surface area contributed by atoms with Crippen LogP contribution in [0.15, 0.2) is 30.4 Å². The first-order valence-corrected chi connectivity index (χ1v) is 7.26. The minimum Gasteiger partial charge on any atom is -0.467 e. The number of ether oxygens (including phenoxy) is 2. The van der Waals surface area contributed by atoms with E-state index in [1.165, 1.54) is 0 Å². The molecule has 21 heavy (non-hydrogen) atoms. The summed E-state index contributed by atoms with van der Waals surface area (Å²) in [5.74, 6) is 1.07. The topological polar surface area (TPSA) is 47.6 Å². The Kier molecular flexibility index (Phi) is 5.39. The van der Waals surface area contributed by atoms with Crippen molar-refractivity contribution < 1.29 is 14.3 Å². The molecule has 1 aliphatic carbocycles. The summed E-state index contributed by atoms with van der Waals surface area (Å²) in [6.07, 6.45) is 6.04. The van der Waals surface area contributed by atoms with Gasteiger partial charge in [0.25, 0.3) is 0 Å². The molecule has 0 saturated carbocycles. The highest BCUT2D eigenvalue weighted by molar-refractivity contribution is 5.73. The highest BCUT2D eigenvalue weighted by Crippen LogP contribution is 2.36. The predicted molar refractivity (Wildman–Crippen MR) is 82.4 cm³/mol. The number of hydrogen-bond donors (Lipinski definition) is 1. The lowest BCUT2D eigenvalue weighted by molar-refractivity contribution is -0.119. The number of hydrogen-bond acceptors (Lipinski definition) is 3. The fraction of sp³-hybridized carbons (Fsp3) is 0.471. The summed E-state index contributed by atoms with van der Waals surface area (Å²) in [5, 5.41) is 3.05. The van der Waals surface area contributed by atoms with Gasteiger partial charge in [-0.1, -0.05) is 24.3 Å². The number of benzene rings is 1. The molecule has 2 atom stereocenters. The highest BCUT2D eigenvalue weighted by Gasteiger charge is 2.27. The quantitative estimate of drug-likeness (QED) is 0.669. The van der Waals surface area contributed by atoms with Crippen LogP contribution < -0.4 is 10.1 Å². The fourth-order valence-electron chi connectivity index (χ4n) is 2.77. The molecule has 1 aromatic rings. The minimum absolute atomic E-state index is 0.00627. The molecule has 0 heterocycles. The van der Waals surface area contributed by atoms with Gasteiger partial charge in [0, 0.05) is 26.0 Å². The van der Waals surface area contributed by atoms with E-state index in [-0.39, 0.29) is 24.7 Å².